The molecule has 0 N–H and O–H groups in total. The third kappa shape index (κ3) is 5.52. The largest absolute Gasteiger partial charge is 0.463 e. The summed E-state index contributed by atoms with van der Waals surface area (Å²) in [7, 11) is 0. The number of ether oxygens (including phenoxy) is 2. The van der Waals surface area contributed by atoms with Crippen molar-refractivity contribution in [3.63, 3.8) is 0 Å². The summed E-state index contributed by atoms with van der Waals surface area (Å²) in [5.41, 5.74) is 0.224. The zero-order chi connectivity index (χ0) is 13.8. The maximum absolute atomic E-state index is 11.6. The van der Waals surface area contributed by atoms with E-state index < -0.39 is 11.9 Å². The van der Waals surface area contributed by atoms with Crippen molar-refractivity contribution in [2.45, 2.75) is 72.0 Å². The Morgan fingerprint density at radius 1 is 1.28 bits per heavy atom. The minimum Gasteiger partial charge on any atom is -0.463 e. The maximum Gasteiger partial charge on any atom is 0.317 e. The van der Waals surface area contributed by atoms with Crippen LogP contribution < -0.4 is 0 Å². The number of hydrogen-bond acceptors (Lipinski definition) is 4. The van der Waals surface area contributed by atoms with E-state index in [4.69, 9.17) is 9.47 Å². The molecule has 0 aromatic heterocycles. The number of rotatable bonds is 4. The molecule has 1 atom stereocenters. The number of hydrogen-bond donors (Lipinski definition) is 0. The van der Waals surface area contributed by atoms with Crippen LogP contribution in [0, 0.1) is 5.41 Å². The molecule has 4 nitrogen and oxygen atoms in total. The topological polar surface area (TPSA) is 52.6 Å². The van der Waals surface area contributed by atoms with Crippen molar-refractivity contribution >= 4 is 11.9 Å². The Bertz CT molecular complexity index is 307. The van der Waals surface area contributed by atoms with Gasteiger partial charge < -0.3 is 9.47 Å². The number of carbonyl (C=O) groups is 2. The number of esters is 2. The van der Waals surface area contributed by atoms with Crippen molar-refractivity contribution in [3.05, 3.63) is 0 Å². The van der Waals surface area contributed by atoms with Gasteiger partial charge >= 0.3 is 11.9 Å². The summed E-state index contributed by atoms with van der Waals surface area (Å²) in [5, 5.41) is 0. The molecular formula is C14H24O4. The summed E-state index contributed by atoms with van der Waals surface area (Å²) < 4.78 is 10.3. The molecule has 4 heteroatoms. The van der Waals surface area contributed by atoms with Gasteiger partial charge in [0.1, 0.15) is 12.5 Å². The van der Waals surface area contributed by atoms with Crippen LogP contribution in [0.3, 0.4) is 0 Å². The van der Waals surface area contributed by atoms with Gasteiger partial charge in [-0.2, -0.15) is 0 Å². The van der Waals surface area contributed by atoms with E-state index in [1.807, 2.05) is 0 Å². The standard InChI is InChI=1S/C14H24O4/c1-10(2)17-12(15)8-13(16)18-11-6-5-7-14(3,4)9-11/h10-11H,5-9H2,1-4H3. The normalized spacial score (nSPS) is 22.6. The van der Waals surface area contributed by atoms with E-state index in [1.54, 1.807) is 13.8 Å². The molecule has 1 rings (SSSR count). The second-order valence-corrected chi connectivity index (χ2v) is 6.09. The predicted molar refractivity (Wildman–Crippen MR) is 68.0 cm³/mol. The molecule has 1 aliphatic carbocycles. The van der Waals surface area contributed by atoms with Crippen molar-refractivity contribution < 1.29 is 19.1 Å². The molecule has 1 saturated carbocycles. The monoisotopic (exact) mass is 256 g/mol. The van der Waals surface area contributed by atoms with Crippen LogP contribution in [0.1, 0.15) is 59.8 Å². The average molecular weight is 256 g/mol. The van der Waals surface area contributed by atoms with Crippen LogP contribution >= 0.6 is 0 Å². The number of carbonyl (C=O) groups excluding carboxylic acids is 2. The van der Waals surface area contributed by atoms with Crippen LogP contribution in [0.4, 0.5) is 0 Å². The Morgan fingerprint density at radius 3 is 2.50 bits per heavy atom. The molecule has 0 aliphatic heterocycles. The molecule has 1 fully saturated rings. The van der Waals surface area contributed by atoms with Crippen molar-refractivity contribution in [1.29, 1.82) is 0 Å². The van der Waals surface area contributed by atoms with Crippen LogP contribution in [0.15, 0.2) is 0 Å². The Balaban J connectivity index is 2.34. The Kier molecular flexibility index (Phi) is 5.17. The molecule has 18 heavy (non-hydrogen) atoms. The summed E-state index contributed by atoms with van der Waals surface area (Å²) >= 11 is 0. The molecule has 0 bridgehead atoms. The quantitative estimate of drug-likeness (QED) is 0.573. The average Bonchev–Trinajstić information content (AvgIpc) is 2.13. The van der Waals surface area contributed by atoms with E-state index >= 15 is 0 Å². The molecule has 0 aromatic rings. The highest BCUT2D eigenvalue weighted by Crippen LogP contribution is 2.36. The minimum atomic E-state index is -0.509. The van der Waals surface area contributed by atoms with Gasteiger partial charge in [0.25, 0.3) is 0 Å². The van der Waals surface area contributed by atoms with E-state index in [1.165, 1.54) is 0 Å². The molecule has 1 unspecified atom stereocenters. The zero-order valence-electron chi connectivity index (χ0n) is 11.8. The lowest BCUT2D eigenvalue weighted by molar-refractivity contribution is -0.161. The van der Waals surface area contributed by atoms with Crippen LogP contribution in [-0.4, -0.2) is 24.1 Å². The van der Waals surface area contributed by atoms with E-state index in [9.17, 15) is 9.59 Å². The highest BCUT2D eigenvalue weighted by molar-refractivity contribution is 5.91. The highest BCUT2D eigenvalue weighted by atomic mass is 16.6. The molecule has 0 radical (unpaired) electrons. The van der Waals surface area contributed by atoms with Gasteiger partial charge in [-0.3, -0.25) is 9.59 Å². The summed E-state index contributed by atoms with van der Waals surface area (Å²) in [6.07, 6.45) is 3.48. The lowest BCUT2D eigenvalue weighted by atomic mass is 9.76. The highest BCUT2D eigenvalue weighted by Gasteiger charge is 2.30. The Morgan fingerprint density at radius 2 is 1.94 bits per heavy atom. The molecule has 0 heterocycles. The van der Waals surface area contributed by atoms with Gasteiger partial charge in [-0.05, 0) is 44.9 Å². The van der Waals surface area contributed by atoms with E-state index in [0.717, 1.165) is 25.7 Å². The van der Waals surface area contributed by atoms with Crippen LogP contribution in [0.5, 0.6) is 0 Å². The summed E-state index contributed by atoms with van der Waals surface area (Å²) in [6.45, 7) is 7.87. The lowest BCUT2D eigenvalue weighted by Gasteiger charge is -2.34. The molecule has 0 amide bonds. The predicted octanol–water partition coefficient (Wildman–Crippen LogP) is 2.84. The molecule has 0 saturated heterocycles. The van der Waals surface area contributed by atoms with E-state index in [2.05, 4.69) is 13.8 Å². The van der Waals surface area contributed by atoms with Crippen LogP contribution in [0.2, 0.25) is 0 Å². The van der Waals surface area contributed by atoms with Gasteiger partial charge in [-0.25, -0.2) is 0 Å². The van der Waals surface area contributed by atoms with E-state index in [0.29, 0.717) is 0 Å². The van der Waals surface area contributed by atoms with Crippen molar-refractivity contribution in [2.24, 2.45) is 5.41 Å². The van der Waals surface area contributed by atoms with Gasteiger partial charge in [-0.1, -0.05) is 13.8 Å². The lowest BCUT2D eigenvalue weighted by Crippen LogP contribution is -2.31. The second-order valence-electron chi connectivity index (χ2n) is 6.09. The SMILES string of the molecule is CC(C)OC(=O)CC(=O)OC1CCCC(C)(C)C1. The third-order valence-electron chi connectivity index (χ3n) is 3.11. The molecule has 0 aromatic carbocycles. The summed E-state index contributed by atoms with van der Waals surface area (Å²) in [6, 6.07) is 0. The Hall–Kier alpha value is -1.06. The first-order valence-electron chi connectivity index (χ1n) is 6.67. The zero-order valence-corrected chi connectivity index (χ0v) is 11.8. The molecule has 1 aliphatic rings. The fraction of sp³-hybridized carbons (Fsp3) is 0.857. The Labute approximate surface area is 109 Å². The first-order valence-corrected chi connectivity index (χ1v) is 6.67. The van der Waals surface area contributed by atoms with Crippen molar-refractivity contribution in [2.75, 3.05) is 0 Å². The minimum absolute atomic E-state index is 0.0481. The molecule has 104 valence electrons. The van der Waals surface area contributed by atoms with Crippen molar-refractivity contribution in [3.8, 4) is 0 Å². The maximum atomic E-state index is 11.6. The molecule has 0 spiro atoms. The second kappa shape index (κ2) is 6.21. The third-order valence-corrected chi connectivity index (χ3v) is 3.11. The van der Waals surface area contributed by atoms with Gasteiger partial charge in [-0.15, -0.1) is 0 Å². The fourth-order valence-electron chi connectivity index (χ4n) is 2.38. The van der Waals surface area contributed by atoms with Crippen LogP contribution in [-0.2, 0) is 19.1 Å². The van der Waals surface area contributed by atoms with Crippen LogP contribution in [0.25, 0.3) is 0 Å². The van der Waals surface area contributed by atoms with Gasteiger partial charge in [0.15, 0.2) is 0 Å². The van der Waals surface area contributed by atoms with Gasteiger partial charge in [0.05, 0.1) is 6.10 Å². The van der Waals surface area contributed by atoms with Crippen molar-refractivity contribution in [1.82, 2.24) is 0 Å². The van der Waals surface area contributed by atoms with Gasteiger partial charge in [0.2, 0.25) is 0 Å². The van der Waals surface area contributed by atoms with Gasteiger partial charge in [0, 0.05) is 0 Å². The smallest absolute Gasteiger partial charge is 0.317 e. The first-order chi connectivity index (χ1) is 8.28. The first kappa shape index (κ1) is 15.0. The van der Waals surface area contributed by atoms with E-state index in [-0.39, 0.29) is 24.0 Å². The molecular weight excluding hydrogens is 232 g/mol. The fourth-order valence-corrected chi connectivity index (χ4v) is 2.38. The summed E-state index contributed by atoms with van der Waals surface area (Å²) in [5.74, 6) is -0.978. The summed E-state index contributed by atoms with van der Waals surface area (Å²) in [4.78, 5) is 22.9.